The van der Waals surface area contributed by atoms with Gasteiger partial charge in [-0.1, -0.05) is 0 Å². The Bertz CT molecular complexity index is 571. The minimum absolute atomic E-state index is 0.0419. The number of halogens is 2. The molecule has 0 spiro atoms. The molecule has 3 nitrogen and oxygen atoms in total. The molecule has 0 bridgehead atoms. The second-order valence-corrected chi connectivity index (χ2v) is 9.11. The van der Waals surface area contributed by atoms with Crippen molar-refractivity contribution in [2.75, 3.05) is 12.3 Å². The highest BCUT2D eigenvalue weighted by Crippen LogP contribution is 2.37. The Hall–Kier alpha value is -0.110. The van der Waals surface area contributed by atoms with E-state index >= 15 is 0 Å². The molecule has 1 aliphatic rings. The van der Waals surface area contributed by atoms with Gasteiger partial charge in [-0.05, 0) is 59.6 Å². The van der Waals surface area contributed by atoms with Crippen molar-refractivity contribution in [2.45, 2.75) is 29.4 Å². The molecule has 1 aliphatic heterocycles. The maximum absolute atomic E-state index is 13.4. The summed E-state index contributed by atoms with van der Waals surface area (Å²) in [6, 6.07) is 3.81. The van der Waals surface area contributed by atoms with Crippen molar-refractivity contribution in [3.8, 4) is 0 Å². The van der Waals surface area contributed by atoms with E-state index in [1.54, 1.807) is 11.8 Å². The van der Waals surface area contributed by atoms with Gasteiger partial charge in [-0.3, -0.25) is 0 Å². The molecule has 1 unspecified atom stereocenters. The summed E-state index contributed by atoms with van der Waals surface area (Å²) in [6.45, 7) is 2.42. The standard InChI is InChI=1S/C12H15BrFNO2S2/c1-12(5-2-6-18-12)8-15-19(16,17)9-3-4-10(13)11(14)7-9/h3-4,7,15H,2,5-6,8H2,1H3. The van der Waals surface area contributed by atoms with Crippen molar-refractivity contribution >= 4 is 37.7 Å². The Balaban J connectivity index is 2.11. The van der Waals surface area contributed by atoms with Gasteiger partial charge in [0.25, 0.3) is 0 Å². The van der Waals surface area contributed by atoms with Gasteiger partial charge in [-0.25, -0.2) is 17.5 Å². The number of hydrogen-bond donors (Lipinski definition) is 1. The fourth-order valence-corrected chi connectivity index (χ4v) is 4.71. The number of benzene rings is 1. The molecular weight excluding hydrogens is 353 g/mol. The van der Waals surface area contributed by atoms with Gasteiger partial charge in [-0.15, -0.1) is 0 Å². The third-order valence-electron chi connectivity index (χ3n) is 3.14. The summed E-state index contributed by atoms with van der Waals surface area (Å²) in [5.74, 6) is 0.481. The van der Waals surface area contributed by atoms with Crippen LogP contribution >= 0.6 is 27.7 Å². The maximum Gasteiger partial charge on any atom is 0.240 e. The number of thioether (sulfide) groups is 1. The molecule has 1 saturated heterocycles. The SMILES string of the molecule is CC1(CNS(=O)(=O)c2ccc(Br)c(F)c2)CCCS1. The molecule has 0 aromatic heterocycles. The van der Waals surface area contributed by atoms with Crippen molar-refractivity contribution in [1.82, 2.24) is 4.72 Å². The van der Waals surface area contributed by atoms with E-state index in [-0.39, 0.29) is 14.1 Å². The average Bonchev–Trinajstić information content (AvgIpc) is 2.78. The molecule has 1 heterocycles. The van der Waals surface area contributed by atoms with Crippen LogP contribution in [0.1, 0.15) is 19.8 Å². The van der Waals surface area contributed by atoms with Crippen LogP contribution in [0.15, 0.2) is 27.6 Å². The molecule has 2 rings (SSSR count). The molecular formula is C12H15BrFNO2S2. The summed E-state index contributed by atoms with van der Waals surface area (Å²) in [4.78, 5) is -0.0419. The van der Waals surface area contributed by atoms with Crippen LogP contribution in [0, 0.1) is 5.82 Å². The lowest BCUT2D eigenvalue weighted by molar-refractivity contribution is 0.550. The second kappa shape index (κ2) is 5.71. The first-order chi connectivity index (χ1) is 8.82. The molecule has 1 atom stereocenters. The predicted octanol–water partition coefficient (Wildman–Crippen LogP) is 3.15. The molecule has 0 amide bonds. The molecule has 19 heavy (non-hydrogen) atoms. The Morgan fingerprint density at radius 2 is 2.26 bits per heavy atom. The average molecular weight is 368 g/mol. The zero-order chi connectivity index (χ0) is 14.1. The first-order valence-electron chi connectivity index (χ1n) is 5.91. The second-order valence-electron chi connectivity index (χ2n) is 4.80. The van der Waals surface area contributed by atoms with Crippen molar-refractivity contribution in [3.63, 3.8) is 0 Å². The Kier molecular flexibility index (Phi) is 4.59. The van der Waals surface area contributed by atoms with E-state index in [4.69, 9.17) is 0 Å². The zero-order valence-corrected chi connectivity index (χ0v) is 13.7. The number of rotatable bonds is 4. The van der Waals surface area contributed by atoms with Crippen LogP contribution in [0.5, 0.6) is 0 Å². The van der Waals surface area contributed by atoms with Crippen LogP contribution in [0.3, 0.4) is 0 Å². The maximum atomic E-state index is 13.4. The summed E-state index contributed by atoms with van der Waals surface area (Å²) in [5, 5.41) is 0. The van der Waals surface area contributed by atoms with Crippen LogP contribution in [0.25, 0.3) is 0 Å². The lowest BCUT2D eigenvalue weighted by atomic mass is 10.1. The van der Waals surface area contributed by atoms with E-state index < -0.39 is 15.8 Å². The fraction of sp³-hybridized carbons (Fsp3) is 0.500. The fourth-order valence-electron chi connectivity index (χ4n) is 1.95. The minimum atomic E-state index is -3.65. The van der Waals surface area contributed by atoms with E-state index in [0.29, 0.717) is 6.54 Å². The molecule has 106 valence electrons. The highest BCUT2D eigenvalue weighted by molar-refractivity contribution is 9.10. The highest BCUT2D eigenvalue weighted by Gasteiger charge is 2.31. The van der Waals surface area contributed by atoms with Crippen molar-refractivity contribution in [3.05, 3.63) is 28.5 Å². The van der Waals surface area contributed by atoms with Crippen LogP contribution in [-0.4, -0.2) is 25.5 Å². The first kappa shape index (κ1) is 15.3. The molecule has 7 heteroatoms. The summed E-state index contributed by atoms with van der Waals surface area (Å²) >= 11 is 4.78. The lowest BCUT2D eigenvalue weighted by Gasteiger charge is -2.22. The van der Waals surface area contributed by atoms with E-state index in [2.05, 4.69) is 27.6 Å². The van der Waals surface area contributed by atoms with Gasteiger partial charge in [0.2, 0.25) is 10.0 Å². The monoisotopic (exact) mass is 367 g/mol. The summed E-state index contributed by atoms with van der Waals surface area (Å²) in [7, 11) is -3.65. The molecule has 1 aromatic carbocycles. The Labute approximate surface area is 125 Å². The largest absolute Gasteiger partial charge is 0.240 e. The van der Waals surface area contributed by atoms with Gasteiger partial charge in [-0.2, -0.15) is 11.8 Å². The van der Waals surface area contributed by atoms with Gasteiger partial charge < -0.3 is 0 Å². The van der Waals surface area contributed by atoms with E-state index in [1.807, 2.05) is 0 Å². The van der Waals surface area contributed by atoms with Crippen molar-refractivity contribution in [1.29, 1.82) is 0 Å². The molecule has 1 fully saturated rings. The predicted molar refractivity (Wildman–Crippen MR) is 79.4 cm³/mol. The summed E-state index contributed by atoms with van der Waals surface area (Å²) < 4.78 is 40.3. The number of sulfonamides is 1. The smallest absolute Gasteiger partial charge is 0.210 e. The van der Waals surface area contributed by atoms with Crippen LogP contribution in [-0.2, 0) is 10.0 Å². The van der Waals surface area contributed by atoms with Gasteiger partial charge >= 0.3 is 0 Å². The quantitative estimate of drug-likeness (QED) is 0.888. The van der Waals surface area contributed by atoms with E-state index in [9.17, 15) is 12.8 Å². The zero-order valence-electron chi connectivity index (χ0n) is 10.4. The van der Waals surface area contributed by atoms with Gasteiger partial charge in [0.1, 0.15) is 5.82 Å². The number of hydrogen-bond acceptors (Lipinski definition) is 3. The van der Waals surface area contributed by atoms with Crippen molar-refractivity contribution < 1.29 is 12.8 Å². The topological polar surface area (TPSA) is 46.2 Å². The third kappa shape index (κ3) is 3.71. The van der Waals surface area contributed by atoms with Crippen LogP contribution < -0.4 is 4.72 Å². The third-order valence-corrected chi connectivity index (χ3v) is 6.72. The highest BCUT2D eigenvalue weighted by atomic mass is 79.9. The molecule has 0 radical (unpaired) electrons. The van der Waals surface area contributed by atoms with Crippen LogP contribution in [0.2, 0.25) is 0 Å². The summed E-state index contributed by atoms with van der Waals surface area (Å²) in [5.41, 5.74) is 0. The molecule has 1 aromatic rings. The normalized spacial score (nSPS) is 23.7. The minimum Gasteiger partial charge on any atom is -0.210 e. The van der Waals surface area contributed by atoms with Gasteiger partial charge in [0.05, 0.1) is 9.37 Å². The molecule has 0 aliphatic carbocycles. The Morgan fingerprint density at radius 3 is 2.84 bits per heavy atom. The van der Waals surface area contributed by atoms with Crippen molar-refractivity contribution in [2.24, 2.45) is 0 Å². The Morgan fingerprint density at radius 1 is 1.53 bits per heavy atom. The lowest BCUT2D eigenvalue weighted by Crippen LogP contribution is -2.36. The first-order valence-corrected chi connectivity index (χ1v) is 9.17. The van der Waals surface area contributed by atoms with Crippen LogP contribution in [0.4, 0.5) is 4.39 Å². The van der Waals surface area contributed by atoms with E-state index in [0.717, 1.165) is 24.7 Å². The number of nitrogens with one attached hydrogen (secondary N) is 1. The van der Waals surface area contributed by atoms with Gasteiger partial charge in [0, 0.05) is 11.3 Å². The summed E-state index contributed by atoms with van der Waals surface area (Å²) in [6.07, 6.45) is 2.10. The molecule has 0 saturated carbocycles. The van der Waals surface area contributed by atoms with Gasteiger partial charge in [0.15, 0.2) is 0 Å². The molecule has 1 N–H and O–H groups in total. The van der Waals surface area contributed by atoms with E-state index in [1.165, 1.54) is 12.1 Å².